The lowest BCUT2D eigenvalue weighted by molar-refractivity contribution is -0.135. The van der Waals surface area contributed by atoms with Crippen LogP contribution in [0.1, 0.15) is 45.2 Å². The van der Waals surface area contributed by atoms with Crippen molar-refractivity contribution in [3.63, 3.8) is 0 Å². The minimum absolute atomic E-state index is 0.0563. The van der Waals surface area contributed by atoms with Gasteiger partial charge in [0.1, 0.15) is 0 Å². The van der Waals surface area contributed by atoms with Crippen molar-refractivity contribution in [2.75, 3.05) is 11.9 Å². The predicted molar refractivity (Wildman–Crippen MR) is 156 cm³/mol. The molecule has 2 atom stereocenters. The highest BCUT2D eigenvalue weighted by atomic mass is 16.4. The van der Waals surface area contributed by atoms with Gasteiger partial charge in [0.05, 0.1) is 30.4 Å². The molecular formula is C33H32N4O4. The number of urea groups is 1. The van der Waals surface area contributed by atoms with Crippen molar-refractivity contribution in [2.45, 2.75) is 31.8 Å². The Hall–Kier alpha value is -4.98. The van der Waals surface area contributed by atoms with Gasteiger partial charge in [0.25, 0.3) is 0 Å². The van der Waals surface area contributed by atoms with Gasteiger partial charge in [-0.1, -0.05) is 66.7 Å². The van der Waals surface area contributed by atoms with Crippen LogP contribution in [-0.4, -0.2) is 39.4 Å². The third-order valence-corrected chi connectivity index (χ3v) is 7.43. The van der Waals surface area contributed by atoms with Crippen molar-refractivity contribution in [2.24, 2.45) is 5.92 Å². The van der Waals surface area contributed by atoms with Gasteiger partial charge in [-0.15, -0.1) is 0 Å². The maximum atomic E-state index is 13.9. The third-order valence-electron chi connectivity index (χ3n) is 7.43. The molecule has 1 aromatic heterocycles. The maximum Gasteiger partial charge on any atom is 0.335 e. The monoisotopic (exact) mass is 548 g/mol. The lowest BCUT2D eigenvalue weighted by Gasteiger charge is -2.41. The molecule has 1 aliphatic rings. The smallest absolute Gasteiger partial charge is 0.335 e. The summed E-state index contributed by atoms with van der Waals surface area (Å²) in [6.07, 6.45) is 4.40. The number of aromatic nitrogens is 1. The SMILES string of the molecule is O=C(NCC(=O)N(Cc1ccccn1)C1c2ccccc2CCC1Cc1ccccc1)Nc1cccc(C(=O)O)c1. The van der Waals surface area contributed by atoms with Gasteiger partial charge in [0.2, 0.25) is 5.91 Å². The van der Waals surface area contributed by atoms with Crippen molar-refractivity contribution in [3.8, 4) is 0 Å². The summed E-state index contributed by atoms with van der Waals surface area (Å²) in [5.41, 5.74) is 4.71. The molecule has 3 N–H and O–H groups in total. The number of nitrogens with one attached hydrogen (secondary N) is 2. The van der Waals surface area contributed by atoms with E-state index >= 15 is 0 Å². The van der Waals surface area contributed by atoms with E-state index in [4.69, 9.17) is 0 Å². The first-order valence-electron chi connectivity index (χ1n) is 13.7. The first-order chi connectivity index (χ1) is 20.0. The van der Waals surface area contributed by atoms with E-state index < -0.39 is 12.0 Å². The molecule has 4 aromatic rings. The van der Waals surface area contributed by atoms with Gasteiger partial charge in [-0.2, -0.15) is 0 Å². The largest absolute Gasteiger partial charge is 0.478 e. The fraction of sp³-hybridized carbons (Fsp3) is 0.212. The standard InChI is InChI=1S/C33H32N4O4/c38-30(21-35-33(41)36-27-14-8-12-26(20-27)32(39)40)37(22-28-13-6-7-18-34-28)31-25(19-23-9-2-1-3-10-23)17-16-24-11-4-5-15-29(24)31/h1-15,18,20,25,31H,16-17,19,21-22H2,(H,39,40)(H2,35,36,41). The Morgan fingerprint density at radius 2 is 1.68 bits per heavy atom. The van der Waals surface area contributed by atoms with Gasteiger partial charge in [-0.3, -0.25) is 9.78 Å². The van der Waals surface area contributed by atoms with Crippen molar-refractivity contribution in [1.82, 2.24) is 15.2 Å². The summed E-state index contributed by atoms with van der Waals surface area (Å²) in [4.78, 5) is 44.3. The third kappa shape index (κ3) is 6.97. The number of carboxylic acids is 1. The minimum Gasteiger partial charge on any atom is -0.478 e. The number of aryl methyl sites for hydroxylation is 1. The molecule has 0 spiro atoms. The van der Waals surface area contributed by atoms with Crippen molar-refractivity contribution >= 4 is 23.6 Å². The maximum absolute atomic E-state index is 13.9. The quantitative estimate of drug-likeness (QED) is 0.257. The predicted octanol–water partition coefficient (Wildman–Crippen LogP) is 5.48. The number of aromatic carboxylic acids is 1. The van der Waals surface area contributed by atoms with E-state index in [9.17, 15) is 19.5 Å². The van der Waals surface area contributed by atoms with Crippen LogP contribution in [-0.2, 0) is 24.2 Å². The first kappa shape index (κ1) is 27.6. The summed E-state index contributed by atoms with van der Waals surface area (Å²) in [5.74, 6) is -1.15. The van der Waals surface area contributed by atoms with Gasteiger partial charge >= 0.3 is 12.0 Å². The molecule has 0 saturated heterocycles. The summed E-state index contributed by atoms with van der Waals surface area (Å²) in [7, 11) is 0. The lowest BCUT2D eigenvalue weighted by Crippen LogP contribution is -2.46. The molecule has 41 heavy (non-hydrogen) atoms. The van der Waals surface area contributed by atoms with Crippen LogP contribution in [0.2, 0.25) is 0 Å². The zero-order valence-corrected chi connectivity index (χ0v) is 22.6. The Kier molecular flexibility index (Phi) is 8.69. The second-order valence-corrected chi connectivity index (χ2v) is 10.2. The number of pyridine rings is 1. The number of amides is 3. The van der Waals surface area contributed by atoms with E-state index in [1.165, 1.54) is 23.3 Å². The van der Waals surface area contributed by atoms with Gasteiger partial charge in [-0.05, 0) is 72.2 Å². The molecule has 2 unspecified atom stereocenters. The number of carboxylic acid groups (broad SMARTS) is 1. The van der Waals surface area contributed by atoms with E-state index in [1.807, 2.05) is 53.4 Å². The number of nitrogens with zero attached hydrogens (tertiary/aromatic N) is 2. The van der Waals surface area contributed by atoms with Crippen LogP contribution in [0.15, 0.2) is 103 Å². The van der Waals surface area contributed by atoms with Crippen LogP contribution in [0.5, 0.6) is 0 Å². The number of anilines is 1. The van der Waals surface area contributed by atoms with Gasteiger partial charge < -0.3 is 20.6 Å². The van der Waals surface area contributed by atoms with Crippen LogP contribution >= 0.6 is 0 Å². The van der Waals surface area contributed by atoms with Crippen LogP contribution in [0.3, 0.4) is 0 Å². The van der Waals surface area contributed by atoms with Crippen LogP contribution in [0.25, 0.3) is 0 Å². The first-order valence-corrected chi connectivity index (χ1v) is 13.7. The highest BCUT2D eigenvalue weighted by Gasteiger charge is 2.36. The molecule has 3 amide bonds. The number of carbonyl (C=O) groups is 3. The van der Waals surface area contributed by atoms with Crippen LogP contribution in [0.4, 0.5) is 10.5 Å². The summed E-state index contributed by atoms with van der Waals surface area (Å²) >= 11 is 0. The van der Waals surface area contributed by atoms with E-state index in [0.29, 0.717) is 12.2 Å². The van der Waals surface area contributed by atoms with Gasteiger partial charge in [0, 0.05) is 11.9 Å². The molecule has 3 aromatic carbocycles. The van der Waals surface area contributed by atoms with E-state index in [2.05, 4.69) is 39.9 Å². The van der Waals surface area contributed by atoms with Crippen LogP contribution < -0.4 is 10.6 Å². The average Bonchev–Trinajstić information content (AvgIpc) is 3.00. The molecular weight excluding hydrogens is 516 g/mol. The van der Waals surface area contributed by atoms with Crippen molar-refractivity contribution < 1.29 is 19.5 Å². The molecule has 8 nitrogen and oxygen atoms in total. The van der Waals surface area contributed by atoms with Crippen molar-refractivity contribution in [1.29, 1.82) is 0 Å². The Morgan fingerprint density at radius 1 is 0.902 bits per heavy atom. The highest BCUT2D eigenvalue weighted by Crippen LogP contribution is 2.41. The fourth-order valence-corrected chi connectivity index (χ4v) is 5.53. The molecule has 0 saturated carbocycles. The zero-order chi connectivity index (χ0) is 28.6. The Bertz CT molecular complexity index is 1510. The van der Waals surface area contributed by atoms with Gasteiger partial charge in [-0.25, -0.2) is 9.59 Å². The molecule has 208 valence electrons. The number of fused-ring (bicyclic) bond motifs is 1. The normalized spacial score (nSPS) is 15.8. The number of hydrogen-bond donors (Lipinski definition) is 3. The molecule has 1 aliphatic carbocycles. The summed E-state index contributed by atoms with van der Waals surface area (Å²) in [6.45, 7) is 0.0714. The molecule has 0 aliphatic heterocycles. The molecule has 5 rings (SSSR count). The van der Waals surface area contributed by atoms with E-state index in [-0.39, 0.29) is 30.0 Å². The minimum atomic E-state index is -1.09. The topological polar surface area (TPSA) is 112 Å². The Morgan fingerprint density at radius 3 is 2.46 bits per heavy atom. The Balaban J connectivity index is 1.40. The van der Waals surface area contributed by atoms with Crippen LogP contribution in [0, 0.1) is 5.92 Å². The lowest BCUT2D eigenvalue weighted by atomic mass is 9.76. The molecule has 8 heteroatoms. The van der Waals surface area contributed by atoms with Gasteiger partial charge in [0.15, 0.2) is 0 Å². The molecule has 0 radical (unpaired) electrons. The average molecular weight is 549 g/mol. The molecule has 0 fully saturated rings. The number of carbonyl (C=O) groups excluding carboxylic acids is 2. The molecule has 1 heterocycles. The second-order valence-electron chi connectivity index (χ2n) is 10.2. The summed E-state index contributed by atoms with van der Waals surface area (Å²) in [5, 5.41) is 14.5. The molecule has 0 bridgehead atoms. The van der Waals surface area contributed by atoms with E-state index in [1.54, 1.807) is 18.3 Å². The fourth-order valence-electron chi connectivity index (χ4n) is 5.53. The number of hydrogen-bond acceptors (Lipinski definition) is 4. The summed E-state index contributed by atoms with van der Waals surface area (Å²) in [6, 6.07) is 29.4. The number of benzene rings is 3. The second kappa shape index (κ2) is 12.9. The highest BCUT2D eigenvalue weighted by molar-refractivity contribution is 5.94. The summed E-state index contributed by atoms with van der Waals surface area (Å²) < 4.78 is 0. The zero-order valence-electron chi connectivity index (χ0n) is 22.6. The van der Waals surface area contributed by atoms with Crippen molar-refractivity contribution in [3.05, 3.63) is 131 Å². The van der Waals surface area contributed by atoms with E-state index in [0.717, 1.165) is 30.5 Å². The number of rotatable bonds is 9. The Labute approximate surface area is 239 Å².